The van der Waals surface area contributed by atoms with E-state index in [2.05, 4.69) is 10.2 Å². The highest BCUT2D eigenvalue weighted by Gasteiger charge is 2.30. The molecule has 1 aliphatic rings. The summed E-state index contributed by atoms with van der Waals surface area (Å²) in [5, 5.41) is 2.80. The molecular weight excluding hydrogens is 333 g/mol. The molecule has 7 heteroatoms. The molecule has 0 spiro atoms. The summed E-state index contributed by atoms with van der Waals surface area (Å²) >= 11 is 0. The number of nitrogens with zero attached hydrogens (tertiary/aromatic N) is 1. The number of hydrogen-bond donors (Lipinski definition) is 1. The van der Waals surface area contributed by atoms with Crippen LogP contribution in [0.25, 0.3) is 6.08 Å². The molecule has 0 aliphatic carbocycles. The number of carbonyl (C=O) groups is 1. The highest BCUT2D eigenvalue weighted by atomic mass is 19.4. The summed E-state index contributed by atoms with van der Waals surface area (Å²) in [6, 6.07) is 4.86. The van der Waals surface area contributed by atoms with Crippen LogP contribution in [0.3, 0.4) is 0 Å². The van der Waals surface area contributed by atoms with E-state index in [0.29, 0.717) is 25.3 Å². The average Bonchev–Trinajstić information content (AvgIpc) is 2.58. The van der Waals surface area contributed by atoms with Gasteiger partial charge in [0.1, 0.15) is 0 Å². The van der Waals surface area contributed by atoms with E-state index in [4.69, 9.17) is 4.74 Å². The van der Waals surface area contributed by atoms with Gasteiger partial charge >= 0.3 is 6.18 Å². The van der Waals surface area contributed by atoms with Gasteiger partial charge in [-0.15, -0.1) is 0 Å². The number of ether oxygens (including phenoxy) is 1. The Labute approximate surface area is 145 Å². The first-order chi connectivity index (χ1) is 11.7. The lowest BCUT2D eigenvalue weighted by atomic mass is 10.0. The number of hydrogen-bond acceptors (Lipinski definition) is 3. The van der Waals surface area contributed by atoms with Gasteiger partial charge in [0, 0.05) is 31.2 Å². The van der Waals surface area contributed by atoms with Gasteiger partial charge < -0.3 is 10.1 Å². The Hall–Kier alpha value is -1.86. The van der Waals surface area contributed by atoms with Gasteiger partial charge in [0.15, 0.2) is 0 Å². The predicted octanol–water partition coefficient (Wildman–Crippen LogP) is 2.95. The first-order valence-electron chi connectivity index (χ1n) is 8.14. The van der Waals surface area contributed by atoms with Crippen molar-refractivity contribution in [1.29, 1.82) is 0 Å². The number of rotatable bonds is 5. The van der Waals surface area contributed by atoms with Crippen LogP contribution in [-0.4, -0.2) is 49.2 Å². The summed E-state index contributed by atoms with van der Waals surface area (Å²) < 4.78 is 43.4. The SMILES string of the molecule is CC(C)(CNC(=O)/C=C/c1cccc(C(F)(F)F)c1)N1CCOCC1. The van der Waals surface area contributed by atoms with Gasteiger partial charge in [0.25, 0.3) is 0 Å². The smallest absolute Gasteiger partial charge is 0.379 e. The van der Waals surface area contributed by atoms with Gasteiger partial charge in [0.2, 0.25) is 5.91 Å². The molecule has 1 aliphatic heterocycles. The van der Waals surface area contributed by atoms with E-state index in [9.17, 15) is 18.0 Å². The van der Waals surface area contributed by atoms with Crippen molar-refractivity contribution in [2.24, 2.45) is 0 Å². The number of alkyl halides is 3. The highest BCUT2D eigenvalue weighted by molar-refractivity contribution is 5.91. The molecule has 138 valence electrons. The number of amides is 1. The summed E-state index contributed by atoms with van der Waals surface area (Å²) in [5.41, 5.74) is -0.621. The van der Waals surface area contributed by atoms with Crippen LogP contribution in [0.2, 0.25) is 0 Å². The number of nitrogens with one attached hydrogen (secondary N) is 1. The van der Waals surface area contributed by atoms with Crippen molar-refractivity contribution in [1.82, 2.24) is 10.2 Å². The van der Waals surface area contributed by atoms with E-state index in [1.807, 2.05) is 13.8 Å². The van der Waals surface area contributed by atoms with Crippen molar-refractivity contribution in [3.63, 3.8) is 0 Å². The van der Waals surface area contributed by atoms with E-state index in [1.54, 1.807) is 0 Å². The molecule has 2 rings (SSSR count). The fourth-order valence-electron chi connectivity index (χ4n) is 2.63. The molecule has 0 atom stereocenters. The number of benzene rings is 1. The summed E-state index contributed by atoms with van der Waals surface area (Å²) in [6.45, 7) is 7.48. The number of halogens is 3. The van der Waals surface area contributed by atoms with Crippen molar-refractivity contribution in [3.05, 3.63) is 41.5 Å². The lowest BCUT2D eigenvalue weighted by Crippen LogP contribution is -2.55. The van der Waals surface area contributed by atoms with E-state index < -0.39 is 11.7 Å². The Morgan fingerprint density at radius 2 is 1.96 bits per heavy atom. The van der Waals surface area contributed by atoms with Crippen LogP contribution >= 0.6 is 0 Å². The van der Waals surface area contributed by atoms with Gasteiger partial charge in [-0.3, -0.25) is 9.69 Å². The monoisotopic (exact) mass is 356 g/mol. The molecule has 0 aromatic heterocycles. The van der Waals surface area contributed by atoms with Crippen LogP contribution < -0.4 is 5.32 Å². The van der Waals surface area contributed by atoms with E-state index in [1.165, 1.54) is 24.3 Å². The van der Waals surface area contributed by atoms with Crippen LogP contribution in [0.4, 0.5) is 13.2 Å². The third-order valence-electron chi connectivity index (χ3n) is 4.20. The van der Waals surface area contributed by atoms with Gasteiger partial charge in [-0.05, 0) is 37.6 Å². The fraction of sp³-hybridized carbons (Fsp3) is 0.500. The highest BCUT2D eigenvalue weighted by Crippen LogP contribution is 2.29. The second-order valence-electron chi connectivity index (χ2n) is 6.59. The number of morpholine rings is 1. The lowest BCUT2D eigenvalue weighted by molar-refractivity contribution is -0.137. The van der Waals surface area contributed by atoms with Gasteiger partial charge in [0.05, 0.1) is 18.8 Å². The van der Waals surface area contributed by atoms with Crippen molar-refractivity contribution in [2.45, 2.75) is 25.6 Å². The molecule has 1 aromatic carbocycles. The van der Waals surface area contributed by atoms with Crippen LogP contribution in [-0.2, 0) is 15.7 Å². The van der Waals surface area contributed by atoms with Crippen LogP contribution in [0.5, 0.6) is 0 Å². The maximum Gasteiger partial charge on any atom is 0.416 e. The topological polar surface area (TPSA) is 41.6 Å². The Bertz CT molecular complexity index is 621. The molecule has 0 radical (unpaired) electrons. The second-order valence-corrected chi connectivity index (χ2v) is 6.59. The molecule has 1 N–H and O–H groups in total. The number of carbonyl (C=O) groups excluding carboxylic acids is 1. The maximum absolute atomic E-state index is 12.7. The zero-order valence-electron chi connectivity index (χ0n) is 14.4. The molecular formula is C18H23F3N2O2. The standard InChI is InChI=1S/C18H23F3N2O2/c1-17(2,23-8-10-25-11-9-23)13-22-16(24)7-6-14-4-3-5-15(12-14)18(19,20)21/h3-7,12H,8-11,13H2,1-2H3,(H,22,24)/b7-6+. The summed E-state index contributed by atoms with van der Waals surface area (Å²) in [5.74, 6) is -0.334. The third kappa shape index (κ3) is 5.86. The van der Waals surface area contributed by atoms with Crippen LogP contribution in [0.1, 0.15) is 25.0 Å². The summed E-state index contributed by atoms with van der Waals surface area (Å²) in [4.78, 5) is 14.2. The summed E-state index contributed by atoms with van der Waals surface area (Å²) in [7, 11) is 0. The van der Waals surface area contributed by atoms with E-state index in [-0.39, 0.29) is 11.4 Å². The Morgan fingerprint density at radius 1 is 1.28 bits per heavy atom. The molecule has 0 unspecified atom stereocenters. The van der Waals surface area contributed by atoms with E-state index >= 15 is 0 Å². The molecule has 0 bridgehead atoms. The molecule has 4 nitrogen and oxygen atoms in total. The van der Waals surface area contributed by atoms with Gasteiger partial charge in [-0.1, -0.05) is 12.1 Å². The van der Waals surface area contributed by atoms with Crippen molar-refractivity contribution >= 4 is 12.0 Å². The third-order valence-corrected chi connectivity index (χ3v) is 4.20. The Balaban J connectivity index is 1.90. The molecule has 1 amide bonds. The van der Waals surface area contributed by atoms with E-state index in [0.717, 1.165) is 25.2 Å². The van der Waals surface area contributed by atoms with Crippen LogP contribution in [0, 0.1) is 0 Å². The zero-order valence-corrected chi connectivity index (χ0v) is 14.4. The van der Waals surface area contributed by atoms with Crippen molar-refractivity contribution in [2.75, 3.05) is 32.8 Å². The van der Waals surface area contributed by atoms with Gasteiger partial charge in [-0.25, -0.2) is 0 Å². The molecule has 25 heavy (non-hydrogen) atoms. The Morgan fingerprint density at radius 3 is 2.60 bits per heavy atom. The molecule has 1 fully saturated rings. The minimum absolute atomic E-state index is 0.219. The minimum Gasteiger partial charge on any atom is -0.379 e. The zero-order chi connectivity index (χ0) is 18.5. The van der Waals surface area contributed by atoms with Crippen LogP contribution in [0.15, 0.2) is 30.3 Å². The lowest BCUT2D eigenvalue weighted by Gasteiger charge is -2.40. The maximum atomic E-state index is 12.7. The first-order valence-corrected chi connectivity index (χ1v) is 8.14. The molecule has 1 heterocycles. The van der Waals surface area contributed by atoms with Crippen molar-refractivity contribution < 1.29 is 22.7 Å². The van der Waals surface area contributed by atoms with Crippen molar-refractivity contribution in [3.8, 4) is 0 Å². The largest absolute Gasteiger partial charge is 0.416 e. The quantitative estimate of drug-likeness (QED) is 0.825. The molecule has 1 saturated heterocycles. The summed E-state index contributed by atoms with van der Waals surface area (Å²) in [6.07, 6.45) is -1.76. The normalized spacial score (nSPS) is 17.0. The molecule has 1 aromatic rings. The Kier molecular flexibility index (Phi) is 6.24. The second kappa shape index (κ2) is 8.01. The molecule has 0 saturated carbocycles. The average molecular weight is 356 g/mol. The minimum atomic E-state index is -4.39. The first kappa shape index (κ1) is 19.5. The fourth-order valence-corrected chi connectivity index (χ4v) is 2.63. The van der Waals surface area contributed by atoms with Gasteiger partial charge in [-0.2, -0.15) is 13.2 Å². The predicted molar refractivity (Wildman–Crippen MR) is 90.0 cm³/mol.